The van der Waals surface area contributed by atoms with E-state index in [1.807, 2.05) is 24.3 Å². The Morgan fingerprint density at radius 1 is 1.21 bits per heavy atom. The number of hydrazone groups is 1. The molecule has 1 fully saturated rings. The number of hydrogen-bond acceptors (Lipinski definition) is 5. The van der Waals surface area contributed by atoms with Crippen molar-refractivity contribution in [3.8, 4) is 5.75 Å². The molecule has 0 saturated carbocycles. The summed E-state index contributed by atoms with van der Waals surface area (Å²) >= 11 is 1.31. The number of thioether (sulfide) groups is 1. The smallest absolute Gasteiger partial charge is 0.342 e. The van der Waals surface area contributed by atoms with Gasteiger partial charge in [-0.1, -0.05) is 43.3 Å². The third-order valence-electron chi connectivity index (χ3n) is 6.28. The van der Waals surface area contributed by atoms with Crippen molar-refractivity contribution in [2.24, 2.45) is 11.0 Å². The van der Waals surface area contributed by atoms with E-state index in [1.165, 1.54) is 16.8 Å². The van der Waals surface area contributed by atoms with Gasteiger partial charge in [0.2, 0.25) is 0 Å². The van der Waals surface area contributed by atoms with Gasteiger partial charge in [-0.3, -0.25) is 0 Å². The molecule has 6 nitrogen and oxygen atoms in total. The highest BCUT2D eigenvalue weighted by Gasteiger charge is 2.57. The zero-order valence-corrected chi connectivity index (χ0v) is 19.1. The van der Waals surface area contributed by atoms with Gasteiger partial charge in [0.15, 0.2) is 4.87 Å². The van der Waals surface area contributed by atoms with E-state index in [-0.39, 0.29) is 22.6 Å². The van der Waals surface area contributed by atoms with Crippen LogP contribution in [0, 0.1) is 17.6 Å². The summed E-state index contributed by atoms with van der Waals surface area (Å²) in [6.45, 7) is 4.28. The van der Waals surface area contributed by atoms with E-state index in [9.17, 15) is 13.6 Å². The van der Waals surface area contributed by atoms with Gasteiger partial charge in [0.1, 0.15) is 22.4 Å². The van der Waals surface area contributed by atoms with E-state index in [0.717, 1.165) is 36.6 Å². The average Bonchev–Trinajstić information content (AvgIpc) is 3.23. The molecule has 0 radical (unpaired) electrons. The molecule has 2 atom stereocenters. The molecule has 5 rings (SSSR count). The van der Waals surface area contributed by atoms with Crippen molar-refractivity contribution in [3.63, 3.8) is 0 Å². The first kappa shape index (κ1) is 22.2. The third-order valence-corrected chi connectivity index (χ3v) is 7.82. The first-order valence-corrected chi connectivity index (χ1v) is 12.0. The second kappa shape index (κ2) is 8.95. The lowest BCUT2D eigenvalue weighted by Gasteiger charge is -2.46. The molecule has 0 aliphatic carbocycles. The number of morpholine rings is 1. The zero-order chi connectivity index (χ0) is 23.0. The van der Waals surface area contributed by atoms with Crippen LogP contribution < -0.4 is 4.74 Å². The van der Waals surface area contributed by atoms with Crippen LogP contribution in [0.15, 0.2) is 47.6 Å². The Bertz CT molecular complexity index is 1090. The number of hydrogen-bond donors (Lipinski definition) is 0. The topological polar surface area (TPSA) is 54.4 Å². The van der Waals surface area contributed by atoms with Crippen LogP contribution in [-0.2, 0) is 9.61 Å². The van der Waals surface area contributed by atoms with E-state index < -0.39 is 16.5 Å². The number of carbonyl (C=O) groups excluding carboxylic acids is 1. The monoisotopic (exact) mass is 473 g/mol. The lowest BCUT2D eigenvalue weighted by atomic mass is 9.86. The van der Waals surface area contributed by atoms with Crippen molar-refractivity contribution in [2.45, 2.75) is 24.6 Å². The molecule has 3 aliphatic rings. The molecule has 1 saturated heterocycles. The maximum Gasteiger partial charge on any atom is 0.342 e. The van der Waals surface area contributed by atoms with E-state index in [0.29, 0.717) is 38.7 Å². The van der Waals surface area contributed by atoms with Crippen molar-refractivity contribution in [1.82, 2.24) is 9.91 Å². The fourth-order valence-electron chi connectivity index (χ4n) is 4.68. The Balaban J connectivity index is 1.67. The molecule has 3 heterocycles. The van der Waals surface area contributed by atoms with E-state index >= 15 is 0 Å². The summed E-state index contributed by atoms with van der Waals surface area (Å²) in [5, 5.41) is 6.44. The molecule has 0 bridgehead atoms. The summed E-state index contributed by atoms with van der Waals surface area (Å²) in [4.78, 5) is 14.6. The van der Waals surface area contributed by atoms with Crippen LogP contribution in [0.2, 0.25) is 0 Å². The number of para-hydroxylation sites is 1. The predicted molar refractivity (Wildman–Crippen MR) is 122 cm³/mol. The second-order valence-corrected chi connectivity index (χ2v) is 9.53. The number of carbonyl (C=O) groups is 1. The third kappa shape index (κ3) is 3.77. The van der Waals surface area contributed by atoms with Gasteiger partial charge in [0.25, 0.3) is 0 Å². The van der Waals surface area contributed by atoms with Crippen LogP contribution in [0.5, 0.6) is 5.75 Å². The van der Waals surface area contributed by atoms with Crippen LogP contribution in [0.1, 0.15) is 30.9 Å². The fourth-order valence-corrected chi connectivity index (χ4v) is 6.20. The Kier molecular flexibility index (Phi) is 6.01. The molecule has 1 spiro atoms. The standard InChI is InChI=1S/C24H25F2N3O3S/c1-2-5-16-15-32-21-7-4-3-6-19(21)24(16)29(23(30)28-10-12-31-13-11-28)27-22(33-24)18-14-17(25)8-9-20(18)26/h3-4,6-9,14,16H,2,5,10-13,15H2,1H3/t16-,24+/m0/s1. The second-order valence-electron chi connectivity index (χ2n) is 8.31. The Hall–Kier alpha value is -2.65. The summed E-state index contributed by atoms with van der Waals surface area (Å²) in [6, 6.07) is 10.6. The molecule has 3 aliphatic heterocycles. The molecule has 2 aromatic carbocycles. The van der Waals surface area contributed by atoms with Gasteiger partial charge in [-0.25, -0.2) is 13.6 Å². The van der Waals surface area contributed by atoms with Gasteiger partial charge in [-0.05, 0) is 30.7 Å². The molecule has 174 valence electrons. The molecule has 0 N–H and O–H groups in total. The normalized spacial score (nSPS) is 24.5. The van der Waals surface area contributed by atoms with Crippen molar-refractivity contribution in [3.05, 3.63) is 65.2 Å². The first-order chi connectivity index (χ1) is 16.0. The number of rotatable bonds is 3. The van der Waals surface area contributed by atoms with Gasteiger partial charge >= 0.3 is 6.03 Å². The summed E-state index contributed by atoms with van der Waals surface area (Å²) in [5.41, 5.74) is 0.868. The van der Waals surface area contributed by atoms with E-state index in [2.05, 4.69) is 12.0 Å². The van der Waals surface area contributed by atoms with Crippen molar-refractivity contribution in [2.75, 3.05) is 32.9 Å². The fraction of sp³-hybridized carbons (Fsp3) is 0.417. The van der Waals surface area contributed by atoms with Crippen LogP contribution in [0.25, 0.3) is 0 Å². The van der Waals surface area contributed by atoms with Gasteiger partial charge in [0.05, 0.1) is 19.8 Å². The Labute approximate surface area is 195 Å². The zero-order valence-electron chi connectivity index (χ0n) is 18.3. The minimum absolute atomic E-state index is 0.0517. The Morgan fingerprint density at radius 3 is 2.79 bits per heavy atom. The highest BCUT2D eigenvalue weighted by Crippen LogP contribution is 2.58. The number of ether oxygens (including phenoxy) is 2. The average molecular weight is 474 g/mol. The largest absolute Gasteiger partial charge is 0.493 e. The van der Waals surface area contributed by atoms with Crippen LogP contribution in [-0.4, -0.2) is 53.9 Å². The summed E-state index contributed by atoms with van der Waals surface area (Å²) in [5.74, 6) is -0.552. The van der Waals surface area contributed by atoms with Crippen molar-refractivity contribution in [1.29, 1.82) is 0 Å². The highest BCUT2D eigenvalue weighted by atomic mass is 32.2. The number of amides is 2. The number of urea groups is 1. The summed E-state index contributed by atoms with van der Waals surface area (Å²) in [6.07, 6.45) is 1.66. The molecule has 0 unspecified atom stereocenters. The molecule has 9 heteroatoms. The predicted octanol–water partition coefficient (Wildman–Crippen LogP) is 4.79. The summed E-state index contributed by atoms with van der Waals surface area (Å²) in [7, 11) is 0. The van der Waals surface area contributed by atoms with Gasteiger partial charge in [0, 0.05) is 30.1 Å². The van der Waals surface area contributed by atoms with E-state index in [4.69, 9.17) is 9.47 Å². The minimum atomic E-state index is -0.922. The number of benzene rings is 2. The SMILES string of the molecule is CCC[C@H]1COc2ccccc2[C@]12SC(c1cc(F)ccc1F)=NN2C(=O)N1CCOCC1. The molecule has 2 amide bonds. The number of halogens is 2. The highest BCUT2D eigenvalue weighted by molar-refractivity contribution is 8.15. The summed E-state index contributed by atoms with van der Waals surface area (Å²) < 4.78 is 40.3. The molecular weight excluding hydrogens is 448 g/mol. The molecule has 33 heavy (non-hydrogen) atoms. The quantitative estimate of drug-likeness (QED) is 0.643. The first-order valence-electron chi connectivity index (χ1n) is 11.2. The maximum atomic E-state index is 14.8. The van der Waals surface area contributed by atoms with Crippen LogP contribution in [0.3, 0.4) is 0 Å². The van der Waals surface area contributed by atoms with Gasteiger partial charge < -0.3 is 14.4 Å². The molecule has 2 aromatic rings. The molecular formula is C24H25F2N3O3S. The molecule has 0 aromatic heterocycles. The lowest BCUT2D eigenvalue weighted by Crippen LogP contribution is -2.56. The number of nitrogens with zero attached hydrogens (tertiary/aromatic N) is 3. The maximum absolute atomic E-state index is 14.8. The van der Waals surface area contributed by atoms with Gasteiger partial charge in [-0.15, -0.1) is 0 Å². The van der Waals surface area contributed by atoms with Crippen LogP contribution >= 0.6 is 11.8 Å². The Morgan fingerprint density at radius 2 is 2.00 bits per heavy atom. The lowest BCUT2D eigenvalue weighted by molar-refractivity contribution is 0.0226. The van der Waals surface area contributed by atoms with Crippen molar-refractivity contribution >= 4 is 22.8 Å². The van der Waals surface area contributed by atoms with Crippen LogP contribution in [0.4, 0.5) is 13.6 Å². The van der Waals surface area contributed by atoms with E-state index in [1.54, 1.807) is 4.90 Å². The van der Waals surface area contributed by atoms with Gasteiger partial charge in [-0.2, -0.15) is 10.1 Å². The minimum Gasteiger partial charge on any atom is -0.493 e. The number of fused-ring (bicyclic) bond motifs is 2. The van der Waals surface area contributed by atoms with Crippen molar-refractivity contribution < 1.29 is 23.0 Å².